The fourth-order valence-corrected chi connectivity index (χ4v) is 2.62. The number of anilines is 3. The minimum absolute atomic E-state index is 0.0797. The van der Waals surface area contributed by atoms with Crippen LogP contribution in [0.4, 0.5) is 17.2 Å². The van der Waals surface area contributed by atoms with Gasteiger partial charge in [0.25, 0.3) is 5.91 Å². The van der Waals surface area contributed by atoms with E-state index < -0.39 is 0 Å². The molecule has 1 N–H and O–H groups in total. The highest BCUT2D eigenvalue weighted by Gasteiger charge is 2.28. The lowest BCUT2D eigenvalue weighted by molar-refractivity contribution is 0.102. The summed E-state index contributed by atoms with van der Waals surface area (Å²) >= 11 is 0. The first-order valence-corrected chi connectivity index (χ1v) is 6.35. The second kappa shape index (κ2) is 4.12. The third-order valence-electron chi connectivity index (χ3n) is 3.44. The fraction of sp³-hybridized carbons (Fsp3) is 0.286. The van der Waals surface area contributed by atoms with Gasteiger partial charge in [-0.1, -0.05) is 12.1 Å². The Labute approximate surface area is 111 Å². The number of rotatable bonds is 1. The van der Waals surface area contributed by atoms with Crippen molar-refractivity contribution in [2.45, 2.75) is 13.8 Å². The van der Waals surface area contributed by atoms with Crippen molar-refractivity contribution in [3.05, 3.63) is 35.5 Å². The summed E-state index contributed by atoms with van der Waals surface area (Å²) in [6.07, 6.45) is 0. The first-order valence-electron chi connectivity index (χ1n) is 6.35. The molecule has 5 nitrogen and oxygen atoms in total. The van der Waals surface area contributed by atoms with Gasteiger partial charge in [-0.25, -0.2) is 0 Å². The molecule has 19 heavy (non-hydrogen) atoms. The first kappa shape index (κ1) is 11.8. The van der Waals surface area contributed by atoms with Crippen molar-refractivity contribution in [2.24, 2.45) is 7.05 Å². The Kier molecular flexibility index (Phi) is 2.55. The van der Waals surface area contributed by atoms with Crippen LogP contribution in [0.5, 0.6) is 0 Å². The van der Waals surface area contributed by atoms with Crippen molar-refractivity contribution in [3.8, 4) is 0 Å². The molecule has 0 unspecified atom stereocenters. The van der Waals surface area contributed by atoms with Crippen LogP contribution in [0.3, 0.4) is 0 Å². The molecule has 2 aromatic rings. The number of fused-ring (bicyclic) bond motifs is 2. The normalized spacial score (nSPS) is 13.6. The molecule has 0 saturated carbocycles. The molecule has 1 aliphatic rings. The summed E-state index contributed by atoms with van der Waals surface area (Å²) < 4.78 is 1.82. The first-order chi connectivity index (χ1) is 9.13. The highest BCUT2D eigenvalue weighted by molar-refractivity contribution is 6.12. The molecule has 1 aromatic heterocycles. The van der Waals surface area contributed by atoms with Crippen molar-refractivity contribution in [2.75, 3.05) is 16.8 Å². The van der Waals surface area contributed by atoms with Gasteiger partial charge in [-0.3, -0.25) is 9.48 Å². The number of nitrogens with one attached hydrogen (secondary N) is 1. The number of aryl methyl sites for hydroxylation is 2. The van der Waals surface area contributed by atoms with Gasteiger partial charge in [0.2, 0.25) is 0 Å². The second-order valence-corrected chi connectivity index (χ2v) is 4.62. The van der Waals surface area contributed by atoms with E-state index in [-0.39, 0.29) is 5.91 Å². The van der Waals surface area contributed by atoms with E-state index in [2.05, 4.69) is 22.2 Å². The van der Waals surface area contributed by atoms with Gasteiger partial charge in [0.15, 0.2) is 5.82 Å². The number of carbonyl (C=O) groups is 1. The van der Waals surface area contributed by atoms with E-state index in [0.29, 0.717) is 5.56 Å². The Morgan fingerprint density at radius 2 is 2.05 bits per heavy atom. The van der Waals surface area contributed by atoms with E-state index in [0.717, 1.165) is 29.4 Å². The molecule has 0 bridgehead atoms. The van der Waals surface area contributed by atoms with E-state index in [1.54, 1.807) is 0 Å². The number of nitrogens with zero attached hydrogens (tertiary/aromatic N) is 3. The molecule has 2 heterocycles. The van der Waals surface area contributed by atoms with Gasteiger partial charge in [0, 0.05) is 13.6 Å². The Morgan fingerprint density at radius 3 is 2.79 bits per heavy atom. The van der Waals surface area contributed by atoms with Gasteiger partial charge in [-0.15, -0.1) is 0 Å². The number of hydrogen-bond acceptors (Lipinski definition) is 3. The third kappa shape index (κ3) is 1.62. The van der Waals surface area contributed by atoms with Crippen LogP contribution in [-0.2, 0) is 7.05 Å². The molecule has 1 amide bonds. The summed E-state index contributed by atoms with van der Waals surface area (Å²) in [5, 5.41) is 7.37. The lowest BCUT2D eigenvalue weighted by Crippen LogP contribution is -2.20. The number of carbonyl (C=O) groups excluding carboxylic acids is 1. The van der Waals surface area contributed by atoms with Gasteiger partial charge < -0.3 is 10.2 Å². The monoisotopic (exact) mass is 256 g/mol. The van der Waals surface area contributed by atoms with E-state index >= 15 is 0 Å². The van der Waals surface area contributed by atoms with E-state index in [9.17, 15) is 4.79 Å². The van der Waals surface area contributed by atoms with Crippen LogP contribution in [0, 0.1) is 6.92 Å². The molecule has 0 saturated heterocycles. The molecule has 1 aromatic carbocycles. The number of aromatic nitrogens is 2. The topological polar surface area (TPSA) is 50.2 Å². The average molecular weight is 256 g/mol. The van der Waals surface area contributed by atoms with Gasteiger partial charge in [0.1, 0.15) is 5.69 Å². The Hall–Kier alpha value is -2.30. The molecule has 3 rings (SSSR count). The molecule has 0 fully saturated rings. The van der Waals surface area contributed by atoms with Crippen LogP contribution in [0.25, 0.3) is 0 Å². The van der Waals surface area contributed by atoms with Crippen LogP contribution in [0.1, 0.15) is 23.0 Å². The van der Waals surface area contributed by atoms with Crippen LogP contribution < -0.4 is 10.2 Å². The highest BCUT2D eigenvalue weighted by Crippen LogP contribution is 2.38. The second-order valence-electron chi connectivity index (χ2n) is 4.62. The predicted molar refractivity (Wildman–Crippen MR) is 75.0 cm³/mol. The van der Waals surface area contributed by atoms with Crippen LogP contribution in [0.2, 0.25) is 0 Å². The molecule has 0 atom stereocenters. The lowest BCUT2D eigenvalue weighted by Gasteiger charge is -2.23. The van der Waals surface area contributed by atoms with E-state index in [1.165, 1.54) is 0 Å². The van der Waals surface area contributed by atoms with E-state index in [1.807, 2.05) is 42.9 Å². The highest BCUT2D eigenvalue weighted by atomic mass is 16.1. The molecule has 0 radical (unpaired) electrons. The minimum Gasteiger partial charge on any atom is -0.324 e. The van der Waals surface area contributed by atoms with Gasteiger partial charge in [-0.05, 0) is 26.0 Å². The number of hydrogen-bond donors (Lipinski definition) is 1. The summed E-state index contributed by atoms with van der Waals surface area (Å²) in [4.78, 5) is 14.4. The van der Waals surface area contributed by atoms with Crippen LogP contribution in [-0.4, -0.2) is 22.2 Å². The average Bonchev–Trinajstić information content (AvgIpc) is 2.60. The zero-order chi connectivity index (χ0) is 13.6. The quantitative estimate of drug-likeness (QED) is 0.852. The predicted octanol–water partition coefficient (Wildman–Crippen LogP) is 2.45. The maximum atomic E-state index is 12.3. The van der Waals surface area contributed by atoms with Gasteiger partial charge >= 0.3 is 0 Å². The van der Waals surface area contributed by atoms with Crippen molar-refractivity contribution in [1.29, 1.82) is 0 Å². The number of para-hydroxylation sites is 1. The van der Waals surface area contributed by atoms with Crippen LogP contribution in [0.15, 0.2) is 24.3 Å². The zero-order valence-corrected chi connectivity index (χ0v) is 11.3. The molecule has 98 valence electrons. The summed E-state index contributed by atoms with van der Waals surface area (Å²) in [6.45, 7) is 4.75. The van der Waals surface area contributed by atoms with Gasteiger partial charge in [-0.2, -0.15) is 5.10 Å². The maximum absolute atomic E-state index is 12.3. The Bertz CT molecular complexity index is 659. The van der Waals surface area contributed by atoms with Crippen molar-refractivity contribution in [3.63, 3.8) is 0 Å². The molecule has 5 heteroatoms. The summed E-state index contributed by atoms with van der Waals surface area (Å²) in [7, 11) is 1.90. The Morgan fingerprint density at radius 1 is 1.32 bits per heavy atom. The fourth-order valence-electron chi connectivity index (χ4n) is 2.62. The smallest absolute Gasteiger partial charge is 0.257 e. The molecular formula is C14H16N4O. The van der Waals surface area contributed by atoms with Gasteiger partial charge in [0.05, 0.1) is 16.9 Å². The molecule has 1 aliphatic heterocycles. The van der Waals surface area contributed by atoms with Crippen molar-refractivity contribution in [1.82, 2.24) is 9.78 Å². The Balaban J connectivity index is 2.31. The van der Waals surface area contributed by atoms with Crippen LogP contribution >= 0.6 is 0 Å². The van der Waals surface area contributed by atoms with Crippen molar-refractivity contribution >= 4 is 23.1 Å². The lowest BCUT2D eigenvalue weighted by atomic mass is 10.1. The maximum Gasteiger partial charge on any atom is 0.257 e. The largest absolute Gasteiger partial charge is 0.324 e. The molecule has 0 aliphatic carbocycles. The number of amides is 1. The van der Waals surface area contributed by atoms with E-state index in [4.69, 9.17) is 0 Å². The molecular weight excluding hydrogens is 240 g/mol. The zero-order valence-electron chi connectivity index (χ0n) is 11.3. The summed E-state index contributed by atoms with van der Waals surface area (Å²) in [6, 6.07) is 7.65. The third-order valence-corrected chi connectivity index (χ3v) is 3.44. The molecule has 0 spiro atoms. The minimum atomic E-state index is -0.0797. The SMILES string of the molecule is CCN1c2ccccc2C(=O)Nc2c(C)nn(C)c21. The summed E-state index contributed by atoms with van der Waals surface area (Å²) in [5.41, 5.74) is 3.24. The van der Waals surface area contributed by atoms with Crippen molar-refractivity contribution < 1.29 is 4.79 Å². The standard InChI is InChI=1S/C14H16N4O/c1-4-18-11-8-6-5-7-10(11)13(19)15-12-9(2)16-17(3)14(12)18/h5-8H,4H2,1-3H3,(H,15,19). The summed E-state index contributed by atoms with van der Waals surface area (Å²) in [5.74, 6) is 0.849. The number of benzene rings is 1.